The molecule has 0 spiro atoms. The van der Waals surface area contributed by atoms with Crippen molar-refractivity contribution in [2.75, 3.05) is 6.54 Å². The van der Waals surface area contributed by atoms with E-state index in [1.54, 1.807) is 0 Å². The summed E-state index contributed by atoms with van der Waals surface area (Å²) in [5, 5.41) is 4.70. The molecule has 1 atom stereocenters. The standard InChI is InChI=1S/C16H22N2/c1-12(2)18-11-13(3)9-14-6-7-15-5-4-8-17-16(15)10-14/h4-8,10,12-13,18H,9,11H2,1-3H3. The van der Waals surface area contributed by atoms with Crippen LogP contribution < -0.4 is 5.32 Å². The third kappa shape index (κ3) is 3.54. The second-order valence-electron chi connectivity index (χ2n) is 5.40. The van der Waals surface area contributed by atoms with Crippen molar-refractivity contribution in [3.63, 3.8) is 0 Å². The van der Waals surface area contributed by atoms with Crippen molar-refractivity contribution in [2.24, 2.45) is 5.92 Å². The minimum absolute atomic E-state index is 0.561. The van der Waals surface area contributed by atoms with Crippen LogP contribution in [0.15, 0.2) is 36.5 Å². The lowest BCUT2D eigenvalue weighted by molar-refractivity contribution is 0.476. The maximum absolute atomic E-state index is 4.41. The van der Waals surface area contributed by atoms with Crippen LogP contribution >= 0.6 is 0 Å². The van der Waals surface area contributed by atoms with Gasteiger partial charge in [-0.2, -0.15) is 0 Å². The molecule has 0 fully saturated rings. The van der Waals surface area contributed by atoms with Crippen LogP contribution in [0.3, 0.4) is 0 Å². The van der Waals surface area contributed by atoms with E-state index >= 15 is 0 Å². The Kier molecular flexibility index (Phi) is 4.32. The average Bonchev–Trinajstić information content (AvgIpc) is 2.36. The topological polar surface area (TPSA) is 24.9 Å². The van der Waals surface area contributed by atoms with Gasteiger partial charge in [0.25, 0.3) is 0 Å². The van der Waals surface area contributed by atoms with Gasteiger partial charge in [-0.25, -0.2) is 0 Å². The van der Waals surface area contributed by atoms with E-state index in [4.69, 9.17) is 0 Å². The molecule has 0 radical (unpaired) electrons. The Labute approximate surface area is 109 Å². The Hall–Kier alpha value is -1.41. The molecule has 2 heteroatoms. The molecule has 1 heterocycles. The van der Waals surface area contributed by atoms with Crippen molar-refractivity contribution in [3.8, 4) is 0 Å². The third-order valence-corrected chi connectivity index (χ3v) is 3.13. The minimum atomic E-state index is 0.561. The van der Waals surface area contributed by atoms with Gasteiger partial charge < -0.3 is 5.32 Å². The Morgan fingerprint density at radius 1 is 1.17 bits per heavy atom. The second-order valence-corrected chi connectivity index (χ2v) is 5.40. The van der Waals surface area contributed by atoms with Gasteiger partial charge in [0, 0.05) is 17.6 Å². The van der Waals surface area contributed by atoms with Crippen LogP contribution in [-0.4, -0.2) is 17.6 Å². The van der Waals surface area contributed by atoms with Crippen molar-refractivity contribution in [2.45, 2.75) is 33.2 Å². The highest BCUT2D eigenvalue weighted by atomic mass is 14.9. The summed E-state index contributed by atoms with van der Waals surface area (Å²) in [6, 6.07) is 11.2. The molecule has 1 N–H and O–H groups in total. The fourth-order valence-corrected chi connectivity index (χ4v) is 2.15. The van der Waals surface area contributed by atoms with E-state index in [2.05, 4.69) is 55.3 Å². The van der Waals surface area contributed by atoms with E-state index in [-0.39, 0.29) is 0 Å². The second kappa shape index (κ2) is 5.96. The molecule has 0 aliphatic heterocycles. The molecule has 96 valence electrons. The van der Waals surface area contributed by atoms with E-state index in [0.29, 0.717) is 12.0 Å². The predicted octanol–water partition coefficient (Wildman–Crippen LogP) is 3.41. The molecule has 1 aromatic heterocycles. The molecular formula is C16H22N2. The van der Waals surface area contributed by atoms with E-state index < -0.39 is 0 Å². The molecule has 0 saturated heterocycles. The SMILES string of the molecule is CC(CNC(C)C)Cc1ccc2cccnc2c1. The molecule has 2 aromatic rings. The summed E-state index contributed by atoms with van der Waals surface area (Å²) in [6.07, 6.45) is 2.96. The van der Waals surface area contributed by atoms with Gasteiger partial charge in [-0.1, -0.05) is 39.0 Å². The van der Waals surface area contributed by atoms with E-state index in [9.17, 15) is 0 Å². The van der Waals surface area contributed by atoms with Gasteiger partial charge in [-0.15, -0.1) is 0 Å². The highest BCUT2D eigenvalue weighted by Crippen LogP contribution is 2.15. The zero-order chi connectivity index (χ0) is 13.0. The summed E-state index contributed by atoms with van der Waals surface area (Å²) in [5.74, 6) is 0.647. The normalized spacial score (nSPS) is 13.1. The zero-order valence-electron chi connectivity index (χ0n) is 11.5. The van der Waals surface area contributed by atoms with Crippen molar-refractivity contribution in [1.82, 2.24) is 10.3 Å². The molecule has 0 aliphatic rings. The van der Waals surface area contributed by atoms with Crippen molar-refractivity contribution < 1.29 is 0 Å². The fourth-order valence-electron chi connectivity index (χ4n) is 2.15. The summed E-state index contributed by atoms with van der Waals surface area (Å²) < 4.78 is 0. The maximum Gasteiger partial charge on any atom is 0.0704 e. The van der Waals surface area contributed by atoms with Gasteiger partial charge in [0.05, 0.1) is 5.52 Å². The van der Waals surface area contributed by atoms with Gasteiger partial charge in [-0.3, -0.25) is 4.98 Å². The van der Waals surface area contributed by atoms with Crippen LogP contribution in [0.1, 0.15) is 26.3 Å². The molecule has 1 aromatic carbocycles. The Bertz CT molecular complexity index is 505. The first-order valence-corrected chi connectivity index (χ1v) is 6.72. The van der Waals surface area contributed by atoms with Crippen LogP contribution in [0.2, 0.25) is 0 Å². The first-order chi connectivity index (χ1) is 8.65. The molecule has 18 heavy (non-hydrogen) atoms. The molecule has 0 aliphatic carbocycles. The average molecular weight is 242 g/mol. The number of hydrogen-bond donors (Lipinski definition) is 1. The lowest BCUT2D eigenvalue weighted by Crippen LogP contribution is -2.28. The molecule has 0 amide bonds. The monoisotopic (exact) mass is 242 g/mol. The number of benzene rings is 1. The Morgan fingerprint density at radius 2 is 2.00 bits per heavy atom. The van der Waals surface area contributed by atoms with E-state index in [1.165, 1.54) is 10.9 Å². The van der Waals surface area contributed by atoms with Crippen molar-refractivity contribution in [1.29, 1.82) is 0 Å². The highest BCUT2D eigenvalue weighted by Gasteiger charge is 2.05. The van der Waals surface area contributed by atoms with Crippen LogP contribution in [0.5, 0.6) is 0 Å². The summed E-state index contributed by atoms with van der Waals surface area (Å²) in [7, 11) is 0. The molecule has 2 nitrogen and oxygen atoms in total. The number of aromatic nitrogens is 1. The summed E-state index contributed by atoms with van der Waals surface area (Å²) in [6.45, 7) is 7.73. The summed E-state index contributed by atoms with van der Waals surface area (Å²) in [4.78, 5) is 4.41. The number of rotatable bonds is 5. The number of hydrogen-bond acceptors (Lipinski definition) is 2. The first kappa shape index (κ1) is 13.0. The van der Waals surface area contributed by atoms with Crippen molar-refractivity contribution >= 4 is 10.9 Å². The highest BCUT2D eigenvalue weighted by molar-refractivity contribution is 5.78. The molecular weight excluding hydrogens is 220 g/mol. The predicted molar refractivity (Wildman–Crippen MR) is 77.7 cm³/mol. The number of fused-ring (bicyclic) bond motifs is 1. The minimum Gasteiger partial charge on any atom is -0.314 e. The van der Waals surface area contributed by atoms with Crippen LogP contribution in [0.25, 0.3) is 10.9 Å². The van der Waals surface area contributed by atoms with Gasteiger partial charge >= 0.3 is 0 Å². The molecule has 0 bridgehead atoms. The van der Waals surface area contributed by atoms with Gasteiger partial charge in [-0.05, 0) is 36.6 Å². The van der Waals surface area contributed by atoms with Gasteiger partial charge in [0.1, 0.15) is 0 Å². The molecule has 1 unspecified atom stereocenters. The van der Waals surface area contributed by atoms with Crippen LogP contribution in [0, 0.1) is 5.92 Å². The molecule has 2 rings (SSSR count). The maximum atomic E-state index is 4.41. The smallest absolute Gasteiger partial charge is 0.0704 e. The number of nitrogens with one attached hydrogen (secondary N) is 1. The largest absolute Gasteiger partial charge is 0.314 e. The lowest BCUT2D eigenvalue weighted by atomic mass is 9.99. The summed E-state index contributed by atoms with van der Waals surface area (Å²) >= 11 is 0. The number of pyridine rings is 1. The molecule has 0 saturated carbocycles. The quantitative estimate of drug-likeness (QED) is 0.869. The Balaban J connectivity index is 2.03. The number of nitrogens with zero attached hydrogens (tertiary/aromatic N) is 1. The van der Waals surface area contributed by atoms with E-state index in [1.807, 2.05) is 12.3 Å². The van der Waals surface area contributed by atoms with Gasteiger partial charge in [0.15, 0.2) is 0 Å². The first-order valence-electron chi connectivity index (χ1n) is 6.72. The van der Waals surface area contributed by atoms with Crippen LogP contribution in [0.4, 0.5) is 0 Å². The van der Waals surface area contributed by atoms with Crippen molar-refractivity contribution in [3.05, 3.63) is 42.1 Å². The zero-order valence-corrected chi connectivity index (χ0v) is 11.5. The van der Waals surface area contributed by atoms with Gasteiger partial charge in [0.2, 0.25) is 0 Å². The van der Waals surface area contributed by atoms with Crippen LogP contribution in [-0.2, 0) is 6.42 Å². The lowest BCUT2D eigenvalue weighted by Gasteiger charge is -2.15. The fraction of sp³-hybridized carbons (Fsp3) is 0.438. The third-order valence-electron chi connectivity index (χ3n) is 3.13. The summed E-state index contributed by atoms with van der Waals surface area (Å²) in [5.41, 5.74) is 2.47. The Morgan fingerprint density at radius 3 is 2.78 bits per heavy atom. The van der Waals surface area contributed by atoms with E-state index in [0.717, 1.165) is 18.5 Å².